The highest BCUT2D eigenvalue weighted by Gasteiger charge is 2.00. The predicted octanol–water partition coefficient (Wildman–Crippen LogP) is 3.24. The number of unbranched alkanes of at least 4 members (excludes halogenated alkanes) is 4. The molecule has 1 aromatic heterocycles. The average molecular weight is 371 g/mol. The minimum Gasteiger partial charge on any atom is -0.450 e. The van der Waals surface area contributed by atoms with Crippen LogP contribution in [-0.4, -0.2) is 29.3 Å². The molecule has 2 N–H and O–H groups in total. The fraction of sp³-hybridized carbons (Fsp3) is 0.444. The number of hydrogen-bond acceptors (Lipinski definition) is 3. The predicted molar refractivity (Wildman–Crippen MR) is 103 cm³/mol. The summed E-state index contributed by atoms with van der Waals surface area (Å²) in [4.78, 5) is 0. The van der Waals surface area contributed by atoms with Crippen molar-refractivity contribution in [2.24, 2.45) is 5.73 Å². The fourth-order valence-electron chi connectivity index (χ4n) is 2.04. The van der Waals surface area contributed by atoms with Gasteiger partial charge in [-0.1, -0.05) is 19.4 Å². The van der Waals surface area contributed by atoms with Gasteiger partial charge >= 0.3 is 6.40 Å². The Balaban J connectivity index is 0.00000178. The van der Waals surface area contributed by atoms with Crippen molar-refractivity contribution >= 4 is 24.5 Å². The van der Waals surface area contributed by atoms with Gasteiger partial charge in [0.15, 0.2) is 12.4 Å². The molecule has 0 bridgehead atoms. The van der Waals surface area contributed by atoms with E-state index in [1.54, 1.807) is 29.6 Å². The number of imidazole rings is 1. The molecule has 0 atom stereocenters. The monoisotopic (exact) mass is 370 g/mol. The van der Waals surface area contributed by atoms with E-state index in [2.05, 4.69) is 46.4 Å². The molecule has 0 radical (unpaired) electrons. The van der Waals surface area contributed by atoms with Gasteiger partial charge in [-0.15, -0.1) is 4.58 Å². The molecule has 0 amide bonds. The number of aromatic nitrogens is 2. The summed E-state index contributed by atoms with van der Waals surface area (Å²) >= 11 is 4.50. The SMILES string of the molecule is C=Cn1cc[n+](CCCCCCCOC=[N+](C=C)/C=C\N)c1.COCl. The molecule has 0 aromatic carbocycles. The van der Waals surface area contributed by atoms with Crippen molar-refractivity contribution < 1.29 is 18.2 Å². The van der Waals surface area contributed by atoms with Crippen LogP contribution in [0, 0.1) is 0 Å². The first-order valence-electron chi connectivity index (χ1n) is 8.29. The summed E-state index contributed by atoms with van der Waals surface area (Å²) in [5, 5.41) is 0. The van der Waals surface area contributed by atoms with Crippen molar-refractivity contribution in [3.63, 3.8) is 0 Å². The third kappa shape index (κ3) is 13.0. The normalized spacial score (nSPS) is 11.0. The number of hydrogen-bond donors (Lipinski definition) is 1. The molecule has 0 saturated carbocycles. The van der Waals surface area contributed by atoms with Crippen LogP contribution in [0.3, 0.4) is 0 Å². The van der Waals surface area contributed by atoms with E-state index in [0.717, 1.165) is 19.6 Å². The van der Waals surface area contributed by atoms with E-state index in [4.69, 9.17) is 10.5 Å². The number of nitrogens with zero attached hydrogens (tertiary/aromatic N) is 3. The van der Waals surface area contributed by atoms with Gasteiger partial charge in [-0.05, 0) is 25.8 Å². The minimum absolute atomic E-state index is 0.722. The molecular weight excluding hydrogens is 340 g/mol. The van der Waals surface area contributed by atoms with Crippen LogP contribution in [0.4, 0.5) is 0 Å². The first kappa shape index (κ1) is 22.9. The third-order valence-electron chi connectivity index (χ3n) is 3.27. The van der Waals surface area contributed by atoms with Gasteiger partial charge in [0, 0.05) is 0 Å². The zero-order valence-corrected chi connectivity index (χ0v) is 15.9. The van der Waals surface area contributed by atoms with Crippen LogP contribution in [0.25, 0.3) is 6.20 Å². The van der Waals surface area contributed by atoms with Crippen molar-refractivity contribution in [1.82, 2.24) is 4.57 Å². The Morgan fingerprint density at radius 3 is 2.52 bits per heavy atom. The van der Waals surface area contributed by atoms with Crippen molar-refractivity contribution in [3.05, 3.63) is 50.5 Å². The molecule has 0 aliphatic heterocycles. The maximum atomic E-state index is 5.44. The second-order valence-electron chi connectivity index (χ2n) is 5.15. The number of ether oxygens (including phenoxy) is 1. The van der Waals surface area contributed by atoms with Crippen LogP contribution < -0.4 is 10.3 Å². The second kappa shape index (κ2) is 16.8. The average Bonchev–Trinajstić information content (AvgIpc) is 3.08. The van der Waals surface area contributed by atoms with E-state index in [9.17, 15) is 0 Å². The maximum absolute atomic E-state index is 5.44. The zero-order valence-electron chi connectivity index (χ0n) is 15.1. The summed E-state index contributed by atoms with van der Waals surface area (Å²) in [6, 6.07) is 0. The van der Waals surface area contributed by atoms with Crippen molar-refractivity contribution in [2.45, 2.75) is 38.6 Å². The van der Waals surface area contributed by atoms with Crippen LogP contribution in [-0.2, 0) is 15.6 Å². The topological polar surface area (TPSA) is 56.3 Å². The quantitative estimate of drug-likeness (QED) is 0.266. The van der Waals surface area contributed by atoms with Gasteiger partial charge < -0.3 is 10.5 Å². The van der Waals surface area contributed by atoms with E-state index >= 15 is 0 Å². The van der Waals surface area contributed by atoms with Gasteiger partial charge in [-0.25, -0.2) is 9.13 Å². The van der Waals surface area contributed by atoms with Crippen molar-refractivity contribution in [1.29, 1.82) is 0 Å². The van der Waals surface area contributed by atoms with Gasteiger partial charge in [0.05, 0.1) is 44.5 Å². The lowest BCUT2D eigenvalue weighted by atomic mass is 10.1. The van der Waals surface area contributed by atoms with Crippen LogP contribution in [0.1, 0.15) is 32.1 Å². The van der Waals surface area contributed by atoms with E-state index < -0.39 is 0 Å². The van der Waals surface area contributed by atoms with Crippen LogP contribution in [0.5, 0.6) is 0 Å². The molecular formula is C18H31ClN4O2+2. The Morgan fingerprint density at radius 1 is 1.24 bits per heavy atom. The second-order valence-corrected chi connectivity index (χ2v) is 5.46. The standard InChI is InChI=1S/C17H28N4O.CH3ClO/c1-3-19-13-14-21(16-19)11-8-6-5-7-9-15-22-17-20(4-2)12-10-18;1-3-2/h3-4,10,12-14,16-17H,1-2,5-9,11,15,18H2;1H3/q+2;/b12-10-,20-17?;. The molecule has 0 spiro atoms. The van der Waals surface area contributed by atoms with E-state index in [-0.39, 0.29) is 0 Å². The summed E-state index contributed by atoms with van der Waals surface area (Å²) in [5.41, 5.74) is 5.30. The largest absolute Gasteiger partial charge is 0.450 e. The summed E-state index contributed by atoms with van der Waals surface area (Å²) < 4.78 is 15.0. The highest BCUT2D eigenvalue weighted by Crippen LogP contribution is 2.03. The Labute approximate surface area is 156 Å². The highest BCUT2D eigenvalue weighted by molar-refractivity contribution is 6.07. The molecule has 7 heteroatoms. The Kier molecular flexibility index (Phi) is 15.4. The van der Waals surface area contributed by atoms with Crippen LogP contribution in [0.2, 0.25) is 0 Å². The summed E-state index contributed by atoms with van der Waals surface area (Å²) in [6.07, 6.45) is 20.3. The summed E-state index contributed by atoms with van der Waals surface area (Å²) in [7, 11) is 1.39. The van der Waals surface area contributed by atoms with Gasteiger partial charge in [-0.3, -0.25) is 4.29 Å². The first-order valence-corrected chi connectivity index (χ1v) is 8.59. The lowest BCUT2D eigenvalue weighted by Gasteiger charge is -2.00. The zero-order chi connectivity index (χ0) is 18.8. The lowest BCUT2D eigenvalue weighted by molar-refractivity contribution is -0.696. The van der Waals surface area contributed by atoms with E-state index in [1.165, 1.54) is 39.0 Å². The van der Waals surface area contributed by atoms with Gasteiger partial charge in [0.25, 0.3) is 0 Å². The number of halogens is 1. The highest BCUT2D eigenvalue weighted by atomic mass is 35.5. The minimum atomic E-state index is 0.722. The fourth-order valence-corrected chi connectivity index (χ4v) is 2.04. The number of rotatable bonds is 12. The molecule has 1 heterocycles. The lowest BCUT2D eigenvalue weighted by Crippen LogP contribution is -2.30. The van der Waals surface area contributed by atoms with Crippen LogP contribution in [0.15, 0.2) is 50.5 Å². The summed E-state index contributed by atoms with van der Waals surface area (Å²) in [6.45, 7) is 9.17. The van der Waals surface area contributed by atoms with Gasteiger partial charge in [0.2, 0.25) is 6.33 Å². The smallest absolute Gasteiger partial charge is 0.334 e. The number of aryl methyl sites for hydroxylation is 1. The molecule has 0 aliphatic rings. The Morgan fingerprint density at radius 2 is 1.92 bits per heavy atom. The maximum Gasteiger partial charge on any atom is 0.334 e. The van der Waals surface area contributed by atoms with E-state index in [1.807, 2.05) is 10.8 Å². The van der Waals surface area contributed by atoms with Crippen LogP contribution >= 0.6 is 11.9 Å². The van der Waals surface area contributed by atoms with Crippen molar-refractivity contribution in [3.8, 4) is 0 Å². The molecule has 1 rings (SSSR count). The Bertz CT molecular complexity index is 527. The molecule has 0 aliphatic carbocycles. The molecule has 0 saturated heterocycles. The third-order valence-corrected chi connectivity index (χ3v) is 3.27. The van der Waals surface area contributed by atoms with Gasteiger partial charge in [-0.2, -0.15) is 0 Å². The number of nitrogens with two attached hydrogens (primary N) is 1. The molecule has 140 valence electrons. The van der Waals surface area contributed by atoms with E-state index in [0.29, 0.717) is 0 Å². The molecule has 25 heavy (non-hydrogen) atoms. The van der Waals surface area contributed by atoms with Gasteiger partial charge in [0.1, 0.15) is 12.4 Å². The molecule has 0 fully saturated rings. The molecule has 0 unspecified atom stereocenters. The Hall–Kier alpha value is -2.05. The molecule has 1 aromatic rings. The summed E-state index contributed by atoms with van der Waals surface area (Å²) in [5.74, 6) is 0. The first-order chi connectivity index (χ1) is 12.2. The van der Waals surface area contributed by atoms with Crippen molar-refractivity contribution in [2.75, 3.05) is 13.7 Å². The molecule has 6 nitrogen and oxygen atoms in total.